The number of hydrogen-bond acceptors (Lipinski definition) is 4. The van der Waals surface area contributed by atoms with Crippen molar-refractivity contribution in [1.82, 2.24) is 14.8 Å². The summed E-state index contributed by atoms with van der Waals surface area (Å²) in [5, 5.41) is 3.72. The number of ether oxygens (including phenoxy) is 1. The van der Waals surface area contributed by atoms with Crippen molar-refractivity contribution in [3.8, 4) is 11.1 Å². The van der Waals surface area contributed by atoms with Gasteiger partial charge < -0.3 is 10.1 Å². The van der Waals surface area contributed by atoms with Gasteiger partial charge in [0.25, 0.3) is 5.91 Å². The normalized spacial score (nSPS) is 32.7. The van der Waals surface area contributed by atoms with Gasteiger partial charge in [0.05, 0.1) is 22.7 Å². The van der Waals surface area contributed by atoms with Gasteiger partial charge in [-0.2, -0.15) is 9.28 Å². The van der Waals surface area contributed by atoms with Gasteiger partial charge in [0.15, 0.2) is 0 Å². The van der Waals surface area contributed by atoms with E-state index in [4.69, 9.17) is 21.3 Å². The van der Waals surface area contributed by atoms with Gasteiger partial charge in [0.2, 0.25) is 5.82 Å². The van der Waals surface area contributed by atoms with Crippen LogP contribution in [0.3, 0.4) is 0 Å². The van der Waals surface area contributed by atoms with Crippen molar-refractivity contribution in [2.75, 3.05) is 13.1 Å². The minimum absolute atomic E-state index is 0.0267. The van der Waals surface area contributed by atoms with Gasteiger partial charge in [-0.05, 0) is 119 Å². The summed E-state index contributed by atoms with van der Waals surface area (Å²) < 4.78 is 6.01. The van der Waals surface area contributed by atoms with Crippen LogP contribution in [0, 0.1) is 23.2 Å². The van der Waals surface area contributed by atoms with Crippen LogP contribution in [0.5, 0.6) is 0 Å². The molecule has 1 saturated heterocycles. The van der Waals surface area contributed by atoms with Crippen LogP contribution in [0.1, 0.15) is 89.4 Å². The molecule has 2 amide bonds. The number of pyridine rings is 1. The number of quaternary nitrogens is 1. The van der Waals surface area contributed by atoms with E-state index in [0.29, 0.717) is 22.9 Å². The Labute approximate surface area is 243 Å². The Morgan fingerprint density at radius 3 is 2.38 bits per heavy atom. The van der Waals surface area contributed by atoms with E-state index < -0.39 is 5.60 Å². The lowest BCUT2D eigenvalue weighted by Crippen LogP contribution is -2.58. The van der Waals surface area contributed by atoms with Crippen LogP contribution in [0.25, 0.3) is 11.1 Å². The number of aromatic nitrogens is 1. The molecule has 0 spiro atoms. The number of carbonyl (C=O) groups is 2. The van der Waals surface area contributed by atoms with Crippen LogP contribution >= 0.6 is 11.6 Å². The average Bonchev–Trinajstić information content (AvgIpc) is 3.28. The summed E-state index contributed by atoms with van der Waals surface area (Å²) in [6.45, 7) is 9.15. The number of nitrogens with one attached hydrogen (secondary N) is 1. The molecule has 5 fully saturated rings. The Bertz CT molecular complexity index is 1280. The fourth-order valence-corrected chi connectivity index (χ4v) is 8.97. The lowest BCUT2D eigenvalue weighted by molar-refractivity contribution is -0.0503. The maximum absolute atomic E-state index is 13.8. The van der Waals surface area contributed by atoms with Gasteiger partial charge >= 0.3 is 6.09 Å². The van der Waals surface area contributed by atoms with Crippen molar-refractivity contribution in [2.45, 2.75) is 90.7 Å². The average molecular weight is 565 g/mol. The van der Waals surface area contributed by atoms with Crippen LogP contribution in [-0.4, -0.2) is 41.7 Å². The van der Waals surface area contributed by atoms with E-state index in [9.17, 15) is 9.59 Å². The zero-order valence-corrected chi connectivity index (χ0v) is 25.1. The first-order valence-corrected chi connectivity index (χ1v) is 15.5. The summed E-state index contributed by atoms with van der Waals surface area (Å²) in [6, 6.07) is 9.47. The molecule has 2 heterocycles. The highest BCUT2D eigenvalue weighted by molar-refractivity contribution is 6.34. The molecule has 1 aliphatic heterocycles. The molecule has 40 heavy (non-hydrogen) atoms. The smallest absolute Gasteiger partial charge is 0.414 e. The van der Waals surface area contributed by atoms with Gasteiger partial charge in [0, 0.05) is 25.6 Å². The quantitative estimate of drug-likeness (QED) is 0.377. The molecule has 1 aromatic carbocycles. The van der Waals surface area contributed by atoms with E-state index >= 15 is 0 Å². The highest BCUT2D eigenvalue weighted by atomic mass is 35.5. The molecule has 5 aliphatic rings. The summed E-state index contributed by atoms with van der Waals surface area (Å²) >= 11 is 6.62. The van der Waals surface area contributed by atoms with Crippen molar-refractivity contribution >= 4 is 29.4 Å². The predicted octanol–water partition coefficient (Wildman–Crippen LogP) is 7.77. The second kappa shape index (κ2) is 10.1. The van der Waals surface area contributed by atoms with E-state index in [1.54, 1.807) is 12.3 Å². The third-order valence-electron chi connectivity index (χ3n) is 10.1. The van der Waals surface area contributed by atoms with Gasteiger partial charge in [-0.25, -0.2) is 4.98 Å². The molecule has 2 atom stereocenters. The van der Waals surface area contributed by atoms with Crippen molar-refractivity contribution in [3.63, 3.8) is 0 Å². The first-order valence-electron chi connectivity index (χ1n) is 15.1. The largest absolute Gasteiger partial charge is 0.523 e. The van der Waals surface area contributed by atoms with Gasteiger partial charge in [-0.1, -0.05) is 17.7 Å². The molecule has 1 N–H and O–H groups in total. The Morgan fingerprint density at radius 1 is 1.10 bits per heavy atom. The second-order valence-electron chi connectivity index (χ2n) is 14.2. The maximum atomic E-state index is 13.8. The summed E-state index contributed by atoms with van der Waals surface area (Å²) in [7, 11) is 0. The molecule has 1 aromatic heterocycles. The van der Waals surface area contributed by atoms with Crippen LogP contribution in [-0.2, 0) is 4.74 Å². The molecule has 4 bridgehead atoms. The first-order chi connectivity index (χ1) is 19.0. The van der Waals surface area contributed by atoms with Crippen LogP contribution in [0.2, 0.25) is 5.02 Å². The Balaban J connectivity index is 1.29. The van der Waals surface area contributed by atoms with Gasteiger partial charge in [0.1, 0.15) is 11.6 Å². The number of nitrogens with zero attached hydrogens (tertiary/aromatic N) is 2. The second-order valence-corrected chi connectivity index (χ2v) is 14.6. The summed E-state index contributed by atoms with van der Waals surface area (Å²) in [5.74, 6) is 3.06. The van der Waals surface area contributed by atoms with E-state index in [2.05, 4.69) is 12.2 Å². The van der Waals surface area contributed by atoms with Gasteiger partial charge in [-0.3, -0.25) is 4.79 Å². The minimum Gasteiger partial charge on any atom is -0.414 e. The highest BCUT2D eigenvalue weighted by Crippen LogP contribution is 2.59. The molecule has 7 rings (SSSR count). The molecule has 214 valence electrons. The SMILES string of the molecule is C[C@@H]1CCC[N+]1(C(=O)OC(C)(C)C)c1ncccc1-c1ccc(Cl)c(C(=O)NCC23CC4CC(CC(C4)C2)C3)c1. The van der Waals surface area contributed by atoms with E-state index in [0.717, 1.165) is 48.3 Å². The zero-order valence-electron chi connectivity index (χ0n) is 24.3. The van der Waals surface area contributed by atoms with Crippen LogP contribution < -0.4 is 9.80 Å². The minimum atomic E-state index is -0.609. The van der Waals surface area contributed by atoms with Crippen molar-refractivity contribution in [2.24, 2.45) is 23.2 Å². The number of amides is 2. The predicted molar refractivity (Wildman–Crippen MR) is 159 cm³/mol. The maximum Gasteiger partial charge on any atom is 0.523 e. The number of benzene rings is 1. The molecule has 6 nitrogen and oxygen atoms in total. The van der Waals surface area contributed by atoms with E-state index in [1.807, 2.05) is 45.0 Å². The van der Waals surface area contributed by atoms with Crippen molar-refractivity contribution in [1.29, 1.82) is 0 Å². The first kappa shape index (κ1) is 27.7. The molecule has 7 heteroatoms. The lowest BCUT2D eigenvalue weighted by Gasteiger charge is -2.56. The summed E-state index contributed by atoms with van der Waals surface area (Å²) in [6.07, 6.45) is 11.2. The Morgan fingerprint density at radius 2 is 1.77 bits per heavy atom. The van der Waals surface area contributed by atoms with E-state index in [-0.39, 0.29) is 27.9 Å². The molecule has 4 aliphatic carbocycles. The molecule has 2 aromatic rings. The topological polar surface area (TPSA) is 68.3 Å². The lowest BCUT2D eigenvalue weighted by atomic mass is 9.49. The highest BCUT2D eigenvalue weighted by Gasteiger charge is 2.53. The summed E-state index contributed by atoms with van der Waals surface area (Å²) in [4.78, 5) is 32.1. The molecule has 1 unspecified atom stereocenters. The molecule has 0 radical (unpaired) electrons. The fourth-order valence-electron chi connectivity index (χ4n) is 8.77. The van der Waals surface area contributed by atoms with Gasteiger partial charge in [-0.15, -0.1) is 0 Å². The third-order valence-corrected chi connectivity index (χ3v) is 10.4. The number of hydrogen-bond donors (Lipinski definition) is 1. The Kier molecular flexibility index (Phi) is 7.02. The number of carbonyl (C=O) groups excluding carboxylic acids is 2. The number of rotatable bonds is 5. The monoisotopic (exact) mass is 564 g/mol. The molecule has 4 saturated carbocycles. The van der Waals surface area contributed by atoms with E-state index in [1.165, 1.54) is 38.5 Å². The third kappa shape index (κ3) is 4.96. The zero-order chi connectivity index (χ0) is 28.3. The van der Waals surface area contributed by atoms with Crippen LogP contribution in [0.15, 0.2) is 36.5 Å². The van der Waals surface area contributed by atoms with Crippen molar-refractivity contribution < 1.29 is 14.3 Å². The van der Waals surface area contributed by atoms with Crippen LogP contribution in [0.4, 0.5) is 10.6 Å². The number of likely N-dealkylation sites (tertiary alicyclic amines) is 1. The standard InChI is InChI=1S/C33H42ClN3O3/c1-21-7-6-12-37(21,31(39)40-32(2,3)4)29-26(8-5-11-35-29)25-9-10-28(34)27(16-25)30(38)36-20-33-17-22-13-23(18-33)15-24(14-22)19-33/h5,8-11,16,21-24H,6-7,12-15,17-20H2,1-4H3/p+1/t21-,22?,23?,24?,33?,37?/m1/s1. The molecular formula is C33H43ClN3O3+. The Hall–Kier alpha value is -2.44. The molecular weight excluding hydrogens is 522 g/mol. The van der Waals surface area contributed by atoms with Crippen molar-refractivity contribution in [3.05, 3.63) is 47.1 Å². The fraction of sp³-hybridized carbons (Fsp3) is 0.606. The summed E-state index contributed by atoms with van der Waals surface area (Å²) in [5.41, 5.74) is 1.77. The number of halogens is 1.